The number of carbonyl (C=O) groups excluding carboxylic acids is 1. The number of nitrogens with zero attached hydrogens (tertiary/aromatic N) is 5. The Morgan fingerprint density at radius 1 is 1.36 bits per heavy atom. The van der Waals surface area contributed by atoms with Crippen LogP contribution in [0.3, 0.4) is 0 Å². The van der Waals surface area contributed by atoms with Crippen molar-refractivity contribution in [3.05, 3.63) is 29.7 Å². The summed E-state index contributed by atoms with van der Waals surface area (Å²) in [6.07, 6.45) is 3.57. The molecule has 1 aliphatic rings. The number of halogens is 1. The summed E-state index contributed by atoms with van der Waals surface area (Å²) in [7, 11) is 1.67. The van der Waals surface area contributed by atoms with Crippen LogP contribution in [0.5, 0.6) is 0 Å². The van der Waals surface area contributed by atoms with E-state index >= 15 is 0 Å². The number of aromatic nitrogens is 5. The second-order valence-corrected chi connectivity index (χ2v) is 8.78. The number of aryl methyl sites for hydroxylation is 1. The van der Waals surface area contributed by atoms with E-state index in [1.165, 1.54) is 12.1 Å². The Hall–Kier alpha value is -2.85. The van der Waals surface area contributed by atoms with E-state index in [9.17, 15) is 9.18 Å². The number of nitrogens with one attached hydrogen (secondary N) is 2. The molecular formula is C23H32FN7O2. The highest BCUT2D eigenvalue weighted by atomic mass is 19.1. The number of H-pyrrole nitrogens is 1. The molecule has 1 aliphatic heterocycles. The minimum atomic E-state index is -0.353. The molecule has 3 aromatic rings. The van der Waals surface area contributed by atoms with E-state index < -0.39 is 0 Å². The third kappa shape index (κ3) is 4.77. The van der Waals surface area contributed by atoms with Crippen molar-refractivity contribution in [2.75, 3.05) is 26.8 Å². The maximum absolute atomic E-state index is 14.3. The van der Waals surface area contributed by atoms with Crippen LogP contribution in [-0.4, -0.2) is 74.9 Å². The Bertz CT molecular complexity index is 1070. The van der Waals surface area contributed by atoms with Crippen molar-refractivity contribution >= 4 is 16.8 Å². The fourth-order valence-corrected chi connectivity index (χ4v) is 4.80. The molecule has 1 atom stereocenters. The molecule has 178 valence electrons. The number of tetrazole rings is 1. The van der Waals surface area contributed by atoms with Gasteiger partial charge in [-0.2, -0.15) is 5.21 Å². The number of unbranched alkanes of at least 4 members (excludes halogenated alkanes) is 1. The lowest BCUT2D eigenvalue weighted by Crippen LogP contribution is -2.52. The number of amides is 1. The third-order valence-electron chi connectivity index (χ3n) is 6.23. The zero-order valence-electron chi connectivity index (χ0n) is 19.5. The molecule has 0 radical (unpaired) electrons. The summed E-state index contributed by atoms with van der Waals surface area (Å²) in [5, 5.41) is 18.7. The molecular weight excluding hydrogens is 425 g/mol. The number of rotatable bonds is 9. The molecule has 10 heteroatoms. The van der Waals surface area contributed by atoms with E-state index in [0.717, 1.165) is 44.2 Å². The van der Waals surface area contributed by atoms with Crippen molar-refractivity contribution < 1.29 is 13.9 Å². The van der Waals surface area contributed by atoms with Gasteiger partial charge in [-0.25, -0.2) is 4.39 Å². The van der Waals surface area contributed by atoms with Gasteiger partial charge >= 0.3 is 0 Å². The summed E-state index contributed by atoms with van der Waals surface area (Å²) < 4.78 is 21.5. The summed E-state index contributed by atoms with van der Waals surface area (Å²) >= 11 is 0. The van der Waals surface area contributed by atoms with Crippen LogP contribution in [-0.2, 0) is 11.3 Å². The second-order valence-electron chi connectivity index (χ2n) is 8.78. The van der Waals surface area contributed by atoms with Crippen LogP contribution in [0, 0.1) is 5.82 Å². The maximum Gasteiger partial charge on any atom is 0.271 e. The van der Waals surface area contributed by atoms with Gasteiger partial charge in [-0.3, -0.25) is 4.79 Å². The van der Waals surface area contributed by atoms with Crippen LogP contribution in [0.15, 0.2) is 18.2 Å². The molecule has 0 spiro atoms. The number of methoxy groups -OCH3 is 1. The van der Waals surface area contributed by atoms with E-state index in [2.05, 4.69) is 25.9 Å². The normalized spacial score (nSPS) is 16.6. The van der Waals surface area contributed by atoms with Gasteiger partial charge < -0.3 is 19.5 Å². The topological polar surface area (TPSA) is 101 Å². The van der Waals surface area contributed by atoms with Gasteiger partial charge in [-0.1, -0.05) is 0 Å². The molecule has 9 nitrogen and oxygen atoms in total. The number of fused-ring (bicyclic) bond motifs is 1. The number of hydrogen-bond acceptors (Lipinski definition) is 6. The zero-order chi connectivity index (χ0) is 23.4. The average molecular weight is 458 g/mol. The lowest BCUT2D eigenvalue weighted by Gasteiger charge is -2.38. The maximum atomic E-state index is 14.3. The Morgan fingerprint density at radius 2 is 2.21 bits per heavy atom. The predicted octanol–water partition coefficient (Wildman–Crippen LogP) is 2.99. The summed E-state index contributed by atoms with van der Waals surface area (Å²) in [6, 6.07) is 4.66. The van der Waals surface area contributed by atoms with Crippen LogP contribution in [0.2, 0.25) is 0 Å². The molecule has 0 saturated carbocycles. The van der Waals surface area contributed by atoms with E-state index in [1.807, 2.05) is 23.3 Å². The largest absolute Gasteiger partial charge is 0.385 e. The van der Waals surface area contributed by atoms with Crippen LogP contribution in [0.4, 0.5) is 4.39 Å². The molecule has 0 unspecified atom stereocenters. The second kappa shape index (κ2) is 10.4. The minimum absolute atomic E-state index is 0.00259. The average Bonchev–Trinajstić information content (AvgIpc) is 3.43. The fraction of sp³-hybridized carbons (Fsp3) is 0.565. The first kappa shape index (κ1) is 23.3. The Balaban J connectivity index is 1.88. The summed E-state index contributed by atoms with van der Waals surface area (Å²) in [4.78, 5) is 16.2. The number of carbonyl (C=O) groups is 1. The smallest absolute Gasteiger partial charge is 0.271 e. The van der Waals surface area contributed by atoms with Crippen LogP contribution in [0.1, 0.15) is 50.0 Å². The van der Waals surface area contributed by atoms with E-state index in [1.54, 1.807) is 13.2 Å². The van der Waals surface area contributed by atoms with Gasteiger partial charge in [0.05, 0.1) is 11.1 Å². The molecule has 2 N–H and O–H groups in total. The first-order valence-electron chi connectivity index (χ1n) is 11.6. The highest BCUT2D eigenvalue weighted by Gasteiger charge is 2.34. The molecule has 0 aliphatic carbocycles. The SMILES string of the molecule is COCCCCn1c(C(=O)N(C(C)C)[C@@H]2CCCNC2)c(-c2nn[nH]n2)c2ccc(F)cc21. The Morgan fingerprint density at radius 3 is 2.88 bits per heavy atom. The monoisotopic (exact) mass is 457 g/mol. The van der Waals surface area contributed by atoms with Crippen LogP contribution >= 0.6 is 0 Å². The first-order chi connectivity index (χ1) is 16.0. The highest BCUT2D eigenvalue weighted by Crippen LogP contribution is 2.35. The summed E-state index contributed by atoms with van der Waals surface area (Å²) in [5.41, 5.74) is 1.72. The molecule has 1 saturated heterocycles. The number of hydrogen-bond donors (Lipinski definition) is 2. The van der Waals surface area contributed by atoms with Gasteiger partial charge in [-0.05, 0) is 69.5 Å². The quantitative estimate of drug-likeness (QED) is 0.479. The molecule has 4 rings (SSSR count). The van der Waals surface area contributed by atoms with E-state index in [4.69, 9.17) is 4.74 Å². The molecule has 0 bridgehead atoms. The molecule has 1 amide bonds. The highest BCUT2D eigenvalue weighted by molar-refractivity contribution is 6.09. The molecule has 1 fully saturated rings. The van der Waals surface area contributed by atoms with Crippen LogP contribution < -0.4 is 5.32 Å². The van der Waals surface area contributed by atoms with Crippen molar-refractivity contribution in [3.63, 3.8) is 0 Å². The third-order valence-corrected chi connectivity index (χ3v) is 6.23. The molecule has 1 aromatic carbocycles. The standard InChI is InChI=1S/C23H32FN7O2/c1-15(2)31(17-7-6-10-25-14-17)23(32)21-20(22-26-28-29-27-22)18-9-8-16(24)13-19(18)30(21)11-4-5-12-33-3/h8-9,13,15,17,25H,4-7,10-12,14H2,1-3H3,(H,26,27,28,29)/t17-/m1/s1. The molecule has 2 aromatic heterocycles. The number of aromatic amines is 1. The minimum Gasteiger partial charge on any atom is -0.385 e. The van der Waals surface area contributed by atoms with Gasteiger partial charge in [0.1, 0.15) is 11.5 Å². The van der Waals surface area contributed by atoms with Gasteiger partial charge in [-0.15, -0.1) is 10.2 Å². The van der Waals surface area contributed by atoms with Gasteiger partial charge in [0.25, 0.3) is 5.91 Å². The van der Waals surface area contributed by atoms with Crippen molar-refractivity contribution in [3.8, 4) is 11.4 Å². The van der Waals surface area contributed by atoms with E-state index in [-0.39, 0.29) is 23.8 Å². The lowest BCUT2D eigenvalue weighted by atomic mass is 10.0. The zero-order valence-corrected chi connectivity index (χ0v) is 19.5. The summed E-state index contributed by atoms with van der Waals surface area (Å²) in [5.74, 6) is -0.119. The Labute approximate surface area is 192 Å². The number of piperidine rings is 1. The lowest BCUT2D eigenvalue weighted by molar-refractivity contribution is 0.0563. The van der Waals surface area contributed by atoms with Crippen molar-refractivity contribution in [1.82, 2.24) is 35.4 Å². The van der Waals surface area contributed by atoms with Crippen LogP contribution in [0.25, 0.3) is 22.3 Å². The van der Waals surface area contributed by atoms with Crippen molar-refractivity contribution in [2.45, 2.75) is 58.2 Å². The van der Waals surface area contributed by atoms with Crippen molar-refractivity contribution in [2.24, 2.45) is 0 Å². The van der Waals surface area contributed by atoms with Gasteiger partial charge in [0.15, 0.2) is 0 Å². The van der Waals surface area contributed by atoms with Crippen molar-refractivity contribution in [1.29, 1.82) is 0 Å². The Kier molecular flexibility index (Phi) is 7.34. The predicted molar refractivity (Wildman–Crippen MR) is 123 cm³/mol. The van der Waals surface area contributed by atoms with Gasteiger partial charge in [0.2, 0.25) is 5.82 Å². The summed E-state index contributed by atoms with van der Waals surface area (Å²) in [6.45, 7) is 6.96. The molecule has 33 heavy (non-hydrogen) atoms. The number of benzene rings is 1. The first-order valence-corrected chi connectivity index (χ1v) is 11.6. The number of ether oxygens (including phenoxy) is 1. The van der Waals surface area contributed by atoms with Gasteiger partial charge in [0, 0.05) is 44.3 Å². The fourth-order valence-electron chi connectivity index (χ4n) is 4.80. The molecule has 3 heterocycles. The van der Waals surface area contributed by atoms with E-state index in [0.29, 0.717) is 35.8 Å².